The smallest absolute Gasteiger partial charge is 0.308 e. The molecule has 1 fully saturated rings. The highest BCUT2D eigenvalue weighted by atomic mass is 35.5. The second-order valence-corrected chi connectivity index (χ2v) is 5.59. The highest BCUT2D eigenvalue weighted by molar-refractivity contribution is 6.33. The first-order valence-corrected chi connectivity index (χ1v) is 7.19. The molecule has 0 saturated carbocycles. The van der Waals surface area contributed by atoms with Crippen molar-refractivity contribution in [1.29, 1.82) is 0 Å². The molecule has 1 unspecified atom stereocenters. The molecule has 0 aromatic heterocycles. The molecule has 1 atom stereocenters. The fourth-order valence-electron chi connectivity index (χ4n) is 2.22. The zero-order chi connectivity index (χ0) is 14.5. The molecule has 0 amide bonds. The SMILES string of the molecule is COC(=O)CC1CN(Cc2cc(Cl)ccc2Cl)CCO1. The third-order valence-corrected chi connectivity index (χ3v) is 3.85. The maximum Gasteiger partial charge on any atom is 0.308 e. The van der Waals surface area contributed by atoms with E-state index in [2.05, 4.69) is 9.64 Å². The first-order valence-electron chi connectivity index (χ1n) is 6.43. The van der Waals surface area contributed by atoms with E-state index in [1.54, 1.807) is 12.1 Å². The Morgan fingerprint density at radius 2 is 2.30 bits per heavy atom. The van der Waals surface area contributed by atoms with Crippen LogP contribution in [0.1, 0.15) is 12.0 Å². The van der Waals surface area contributed by atoms with Gasteiger partial charge in [-0.25, -0.2) is 0 Å². The molecular formula is C14H17Cl2NO3. The molecule has 1 aromatic carbocycles. The molecule has 1 aliphatic heterocycles. The maximum atomic E-state index is 11.3. The molecule has 0 radical (unpaired) electrons. The van der Waals surface area contributed by atoms with E-state index >= 15 is 0 Å². The van der Waals surface area contributed by atoms with Crippen LogP contribution in [0, 0.1) is 0 Å². The van der Waals surface area contributed by atoms with Gasteiger partial charge in [-0.1, -0.05) is 23.2 Å². The van der Waals surface area contributed by atoms with E-state index in [1.165, 1.54) is 7.11 Å². The Labute approximate surface area is 128 Å². The van der Waals surface area contributed by atoms with Crippen LogP contribution in [-0.2, 0) is 20.8 Å². The summed E-state index contributed by atoms with van der Waals surface area (Å²) in [5.41, 5.74) is 0.984. The Hall–Kier alpha value is -0.810. The largest absolute Gasteiger partial charge is 0.469 e. The summed E-state index contributed by atoms with van der Waals surface area (Å²) in [7, 11) is 1.38. The van der Waals surface area contributed by atoms with E-state index in [0.717, 1.165) is 12.1 Å². The summed E-state index contributed by atoms with van der Waals surface area (Å²) in [5, 5.41) is 1.37. The molecule has 1 aromatic rings. The van der Waals surface area contributed by atoms with Gasteiger partial charge < -0.3 is 9.47 Å². The van der Waals surface area contributed by atoms with Crippen LogP contribution in [0.2, 0.25) is 10.0 Å². The second-order valence-electron chi connectivity index (χ2n) is 4.74. The van der Waals surface area contributed by atoms with Gasteiger partial charge in [-0.15, -0.1) is 0 Å². The number of hydrogen-bond acceptors (Lipinski definition) is 4. The minimum atomic E-state index is -0.252. The minimum Gasteiger partial charge on any atom is -0.469 e. The average Bonchev–Trinajstić information content (AvgIpc) is 2.43. The number of halogens is 2. The Kier molecular flexibility index (Phi) is 5.66. The highest BCUT2D eigenvalue weighted by Crippen LogP contribution is 2.23. The lowest BCUT2D eigenvalue weighted by Gasteiger charge is -2.32. The third-order valence-electron chi connectivity index (χ3n) is 3.25. The summed E-state index contributed by atoms with van der Waals surface area (Å²) >= 11 is 12.2. The molecule has 0 bridgehead atoms. The number of methoxy groups -OCH3 is 1. The van der Waals surface area contributed by atoms with Crippen LogP contribution in [0.4, 0.5) is 0 Å². The van der Waals surface area contributed by atoms with Crippen molar-refractivity contribution in [3.8, 4) is 0 Å². The van der Waals surface area contributed by atoms with Crippen LogP contribution in [0.15, 0.2) is 18.2 Å². The van der Waals surface area contributed by atoms with Gasteiger partial charge >= 0.3 is 5.97 Å². The fourth-order valence-corrected chi connectivity index (χ4v) is 2.59. The van der Waals surface area contributed by atoms with E-state index in [1.807, 2.05) is 6.07 Å². The maximum absolute atomic E-state index is 11.3. The van der Waals surface area contributed by atoms with Crippen LogP contribution >= 0.6 is 23.2 Å². The van der Waals surface area contributed by atoms with Crippen molar-refractivity contribution in [1.82, 2.24) is 4.90 Å². The normalized spacial score (nSPS) is 19.9. The van der Waals surface area contributed by atoms with Crippen molar-refractivity contribution < 1.29 is 14.3 Å². The minimum absolute atomic E-state index is 0.130. The van der Waals surface area contributed by atoms with Gasteiger partial charge in [0.05, 0.1) is 26.2 Å². The van der Waals surface area contributed by atoms with Gasteiger partial charge in [0.1, 0.15) is 0 Å². The van der Waals surface area contributed by atoms with Gasteiger partial charge in [0.25, 0.3) is 0 Å². The fraction of sp³-hybridized carbons (Fsp3) is 0.500. The molecule has 4 nitrogen and oxygen atoms in total. The van der Waals surface area contributed by atoms with Gasteiger partial charge in [-0.2, -0.15) is 0 Å². The molecule has 20 heavy (non-hydrogen) atoms. The number of morpholine rings is 1. The molecule has 1 saturated heterocycles. The number of carbonyl (C=O) groups excluding carboxylic acids is 1. The lowest BCUT2D eigenvalue weighted by atomic mass is 10.1. The summed E-state index contributed by atoms with van der Waals surface area (Å²) in [4.78, 5) is 13.5. The molecular weight excluding hydrogens is 301 g/mol. The van der Waals surface area contributed by atoms with Crippen molar-refractivity contribution in [2.75, 3.05) is 26.8 Å². The van der Waals surface area contributed by atoms with Crippen LogP contribution in [0.5, 0.6) is 0 Å². The summed E-state index contributed by atoms with van der Waals surface area (Å²) in [6.45, 7) is 2.78. The van der Waals surface area contributed by atoms with E-state index < -0.39 is 0 Å². The Bertz CT molecular complexity index is 481. The average molecular weight is 318 g/mol. The number of nitrogens with zero attached hydrogens (tertiary/aromatic N) is 1. The first-order chi connectivity index (χ1) is 9.58. The predicted molar refractivity (Wildman–Crippen MR) is 78.1 cm³/mol. The topological polar surface area (TPSA) is 38.8 Å². The van der Waals surface area contributed by atoms with Crippen LogP contribution in [0.25, 0.3) is 0 Å². The molecule has 6 heteroatoms. The van der Waals surface area contributed by atoms with Crippen LogP contribution in [-0.4, -0.2) is 43.8 Å². The molecule has 1 heterocycles. The van der Waals surface area contributed by atoms with Gasteiger partial charge in [-0.05, 0) is 23.8 Å². The van der Waals surface area contributed by atoms with Gasteiger partial charge in [0.15, 0.2) is 0 Å². The highest BCUT2D eigenvalue weighted by Gasteiger charge is 2.23. The van der Waals surface area contributed by atoms with Crippen molar-refractivity contribution >= 4 is 29.2 Å². The van der Waals surface area contributed by atoms with Crippen LogP contribution in [0.3, 0.4) is 0 Å². The third kappa shape index (κ3) is 4.35. The molecule has 0 spiro atoms. The molecule has 1 aliphatic rings. The zero-order valence-electron chi connectivity index (χ0n) is 11.3. The molecule has 0 aliphatic carbocycles. The monoisotopic (exact) mass is 317 g/mol. The zero-order valence-corrected chi connectivity index (χ0v) is 12.8. The number of carbonyl (C=O) groups is 1. The standard InChI is InChI=1S/C14H17Cl2NO3/c1-19-14(18)7-12-9-17(4-5-20-12)8-10-6-11(15)2-3-13(10)16/h2-3,6,12H,4-5,7-9H2,1H3. The summed E-state index contributed by atoms with van der Waals surface area (Å²) in [6, 6.07) is 5.44. The van der Waals surface area contributed by atoms with Gasteiger partial charge in [0, 0.05) is 29.7 Å². The second kappa shape index (κ2) is 7.27. The molecule has 0 N–H and O–H groups in total. The molecule has 2 rings (SSSR count). The van der Waals surface area contributed by atoms with Gasteiger partial charge in [-0.3, -0.25) is 9.69 Å². The van der Waals surface area contributed by atoms with E-state index in [0.29, 0.717) is 29.7 Å². The molecule has 110 valence electrons. The Morgan fingerprint density at radius 3 is 3.05 bits per heavy atom. The first kappa shape index (κ1) is 15.6. The van der Waals surface area contributed by atoms with Crippen molar-refractivity contribution in [2.24, 2.45) is 0 Å². The van der Waals surface area contributed by atoms with Crippen molar-refractivity contribution in [2.45, 2.75) is 19.1 Å². The van der Waals surface area contributed by atoms with Crippen LogP contribution < -0.4 is 0 Å². The number of benzene rings is 1. The number of esters is 1. The van der Waals surface area contributed by atoms with E-state index in [4.69, 9.17) is 27.9 Å². The van der Waals surface area contributed by atoms with Crippen molar-refractivity contribution in [3.63, 3.8) is 0 Å². The summed E-state index contributed by atoms with van der Waals surface area (Å²) in [6.07, 6.45) is 0.144. The number of rotatable bonds is 4. The van der Waals surface area contributed by atoms with E-state index in [9.17, 15) is 4.79 Å². The van der Waals surface area contributed by atoms with E-state index in [-0.39, 0.29) is 18.5 Å². The van der Waals surface area contributed by atoms with Crippen molar-refractivity contribution in [3.05, 3.63) is 33.8 Å². The lowest BCUT2D eigenvalue weighted by Crippen LogP contribution is -2.42. The Morgan fingerprint density at radius 1 is 1.50 bits per heavy atom. The Balaban J connectivity index is 1.95. The van der Waals surface area contributed by atoms with Gasteiger partial charge in [0.2, 0.25) is 0 Å². The summed E-state index contributed by atoms with van der Waals surface area (Å²) in [5.74, 6) is -0.252. The quantitative estimate of drug-likeness (QED) is 0.800. The summed E-state index contributed by atoms with van der Waals surface area (Å²) < 4.78 is 10.2. The number of hydrogen-bond donors (Lipinski definition) is 0. The number of ether oxygens (including phenoxy) is 2. The predicted octanol–water partition coefficient (Wildman–Crippen LogP) is 2.76. The lowest BCUT2D eigenvalue weighted by molar-refractivity contribution is -0.145.